The van der Waals surface area contributed by atoms with Crippen molar-refractivity contribution in [3.8, 4) is 17.0 Å². The van der Waals surface area contributed by atoms with E-state index in [0.717, 1.165) is 17.5 Å². The zero-order chi connectivity index (χ0) is 31.2. The average Bonchev–Trinajstić information content (AvgIpc) is 3.81. The number of nitrogens with one attached hydrogen (secondary N) is 1. The molecule has 0 radical (unpaired) electrons. The third-order valence-corrected chi connectivity index (χ3v) is 8.85. The van der Waals surface area contributed by atoms with Gasteiger partial charge >= 0.3 is 0 Å². The van der Waals surface area contributed by atoms with E-state index < -0.39 is 38.8 Å². The summed E-state index contributed by atoms with van der Waals surface area (Å²) >= 11 is 0. The van der Waals surface area contributed by atoms with E-state index in [9.17, 15) is 26.8 Å². The normalized spacial score (nSPS) is 18.3. The Balaban J connectivity index is 1.26. The lowest BCUT2D eigenvalue weighted by atomic mass is 10.0. The van der Waals surface area contributed by atoms with Crippen LogP contribution in [0.5, 0.6) is 5.88 Å². The van der Waals surface area contributed by atoms with Crippen LogP contribution in [0.25, 0.3) is 22.0 Å². The predicted molar refractivity (Wildman–Crippen MR) is 155 cm³/mol. The summed E-state index contributed by atoms with van der Waals surface area (Å²) < 4.78 is 66.4. The van der Waals surface area contributed by atoms with Crippen molar-refractivity contribution in [3.05, 3.63) is 66.6 Å². The van der Waals surface area contributed by atoms with E-state index in [2.05, 4.69) is 19.7 Å². The van der Waals surface area contributed by atoms with E-state index in [1.165, 1.54) is 32.6 Å². The first-order chi connectivity index (χ1) is 21.1. The van der Waals surface area contributed by atoms with Gasteiger partial charge in [0.15, 0.2) is 18.0 Å². The van der Waals surface area contributed by atoms with E-state index >= 15 is 0 Å². The first kappa shape index (κ1) is 29.3. The third-order valence-electron chi connectivity index (χ3n) is 7.45. The van der Waals surface area contributed by atoms with Crippen molar-refractivity contribution in [1.29, 1.82) is 0 Å². The van der Waals surface area contributed by atoms with Crippen molar-refractivity contribution in [2.45, 2.75) is 24.0 Å². The number of rotatable bonds is 8. The number of aromatic nitrogens is 3. The van der Waals surface area contributed by atoms with Crippen LogP contribution in [0, 0.1) is 11.6 Å². The second kappa shape index (κ2) is 11.4. The molecule has 44 heavy (non-hydrogen) atoms. The number of carbonyl (C=O) groups is 2. The molecule has 1 amide bonds. The number of nitrogens with zero attached hydrogens (tertiary/aromatic N) is 5. The minimum absolute atomic E-state index is 0.0502. The van der Waals surface area contributed by atoms with Crippen molar-refractivity contribution in [2.75, 3.05) is 42.9 Å². The minimum Gasteiger partial charge on any atom is -0.480 e. The Labute approximate surface area is 250 Å². The number of halogens is 2. The molecule has 1 N–H and O–H groups in total. The largest absolute Gasteiger partial charge is 0.480 e. The predicted octanol–water partition coefficient (Wildman–Crippen LogP) is 2.78. The van der Waals surface area contributed by atoms with Crippen LogP contribution in [0.2, 0.25) is 0 Å². The molecular weight excluding hydrogens is 598 g/mol. The monoisotopic (exact) mass is 624 g/mol. The van der Waals surface area contributed by atoms with Gasteiger partial charge in [0, 0.05) is 49.4 Å². The van der Waals surface area contributed by atoms with Crippen LogP contribution < -0.4 is 14.4 Å². The summed E-state index contributed by atoms with van der Waals surface area (Å²) in [5, 5.41) is 0.721. The first-order valence-corrected chi connectivity index (χ1v) is 15.0. The molecule has 2 aromatic heterocycles. The molecule has 2 saturated heterocycles. The molecule has 0 saturated carbocycles. The Kier molecular flexibility index (Phi) is 7.59. The maximum Gasteiger partial charge on any atom is 0.264 e. The number of ketones is 1. The summed E-state index contributed by atoms with van der Waals surface area (Å²) in [4.78, 5) is 40.3. The van der Waals surface area contributed by atoms with Crippen molar-refractivity contribution in [1.82, 2.24) is 19.9 Å². The van der Waals surface area contributed by atoms with Crippen molar-refractivity contribution in [3.63, 3.8) is 0 Å². The number of carbonyl (C=O) groups excluding carboxylic acids is 2. The molecule has 0 spiro atoms. The van der Waals surface area contributed by atoms with Crippen molar-refractivity contribution >= 4 is 44.1 Å². The quantitative estimate of drug-likeness (QED) is 0.290. The fraction of sp³-hybridized carbons (Fsp3) is 0.276. The molecule has 2 aliphatic heterocycles. The number of anilines is 2. The summed E-state index contributed by atoms with van der Waals surface area (Å²) in [6.45, 7) is 3.25. The molecule has 15 heteroatoms. The van der Waals surface area contributed by atoms with Crippen LogP contribution >= 0.6 is 0 Å². The summed E-state index contributed by atoms with van der Waals surface area (Å²) in [6, 6.07) is 9.09. The number of Topliss-reactive ketones (excluding diaryl/α,β-unsaturated/α-hetero) is 1. The highest BCUT2D eigenvalue weighted by atomic mass is 32.2. The maximum absolute atomic E-state index is 14.3. The average molecular weight is 625 g/mol. The Morgan fingerprint density at radius 3 is 2.43 bits per heavy atom. The fourth-order valence-electron chi connectivity index (χ4n) is 5.14. The Bertz CT molecular complexity index is 1900. The molecule has 6 rings (SSSR count). The summed E-state index contributed by atoms with van der Waals surface area (Å²) in [5.41, 5.74) is 1.79. The number of fused-ring (bicyclic) bond motifs is 1. The van der Waals surface area contributed by atoms with E-state index in [1.807, 2.05) is 11.0 Å². The lowest BCUT2D eigenvalue weighted by Crippen LogP contribution is -2.50. The Morgan fingerprint density at radius 2 is 1.75 bits per heavy atom. The van der Waals surface area contributed by atoms with Gasteiger partial charge in [0.1, 0.15) is 34.4 Å². The van der Waals surface area contributed by atoms with Gasteiger partial charge in [0.2, 0.25) is 5.88 Å². The topological polar surface area (TPSA) is 147 Å². The SMILES string of the molecule is COc1ncc(-c2ccc3ncnc(N4CCN(C(=O)C5OC5C(C)=O)CC4)c3c2)cc1NS(=O)(=O)c1ccc(F)cc1F. The summed E-state index contributed by atoms with van der Waals surface area (Å²) in [5.74, 6) is -1.91. The van der Waals surface area contributed by atoms with Gasteiger partial charge in [-0.05, 0) is 42.8 Å². The number of amides is 1. The molecule has 228 valence electrons. The molecule has 4 aromatic rings. The summed E-state index contributed by atoms with van der Waals surface area (Å²) in [6.07, 6.45) is 1.60. The van der Waals surface area contributed by atoms with Gasteiger partial charge in [0.25, 0.3) is 15.9 Å². The van der Waals surface area contributed by atoms with E-state index in [4.69, 9.17) is 9.47 Å². The Hall–Kier alpha value is -4.76. The molecule has 0 aliphatic carbocycles. The highest BCUT2D eigenvalue weighted by Crippen LogP contribution is 2.34. The van der Waals surface area contributed by atoms with E-state index in [-0.39, 0.29) is 23.3 Å². The maximum atomic E-state index is 14.3. The van der Waals surface area contributed by atoms with Crippen LogP contribution in [-0.4, -0.2) is 85.5 Å². The number of piperazine rings is 1. The molecule has 4 heterocycles. The zero-order valence-electron chi connectivity index (χ0n) is 23.5. The molecule has 2 unspecified atom stereocenters. The van der Waals surface area contributed by atoms with Gasteiger partial charge in [-0.3, -0.25) is 14.3 Å². The van der Waals surface area contributed by atoms with Crippen LogP contribution in [0.15, 0.2) is 59.9 Å². The molecular formula is C29H26F2N6O6S. The molecule has 2 atom stereocenters. The smallest absolute Gasteiger partial charge is 0.264 e. The number of hydrogen-bond acceptors (Lipinski definition) is 10. The molecule has 0 bridgehead atoms. The van der Waals surface area contributed by atoms with Crippen molar-refractivity contribution < 1.29 is 36.3 Å². The number of sulfonamides is 1. The van der Waals surface area contributed by atoms with Gasteiger partial charge in [-0.2, -0.15) is 0 Å². The number of pyridine rings is 1. The van der Waals surface area contributed by atoms with E-state index in [1.54, 1.807) is 17.0 Å². The van der Waals surface area contributed by atoms with Gasteiger partial charge in [-0.25, -0.2) is 32.2 Å². The zero-order valence-corrected chi connectivity index (χ0v) is 24.3. The highest BCUT2D eigenvalue weighted by molar-refractivity contribution is 7.92. The highest BCUT2D eigenvalue weighted by Gasteiger charge is 2.50. The van der Waals surface area contributed by atoms with Crippen LogP contribution in [0.4, 0.5) is 20.3 Å². The van der Waals surface area contributed by atoms with Crippen LogP contribution in [0.3, 0.4) is 0 Å². The molecule has 2 aromatic carbocycles. The third kappa shape index (κ3) is 5.63. The van der Waals surface area contributed by atoms with E-state index in [0.29, 0.717) is 54.7 Å². The van der Waals surface area contributed by atoms with Crippen LogP contribution in [-0.2, 0) is 24.3 Å². The number of hydrogen-bond donors (Lipinski definition) is 1. The standard InChI is InChI=1S/C29H26F2N6O6S/c1-16(38)25-26(43-25)29(39)37-9-7-36(8-10-37)27-20-11-17(3-5-22(20)33-15-34-27)18-12-23(28(42-2)32-14-18)35-44(40,41)24-6-4-19(30)13-21(24)31/h3-6,11-15,25-26,35H,7-10H2,1-2H3. The van der Waals surface area contributed by atoms with Crippen molar-refractivity contribution in [2.24, 2.45) is 0 Å². The number of ether oxygens (including phenoxy) is 2. The second-order valence-corrected chi connectivity index (χ2v) is 11.9. The van der Waals surface area contributed by atoms with Gasteiger partial charge in [-0.1, -0.05) is 6.07 Å². The summed E-state index contributed by atoms with van der Waals surface area (Å²) in [7, 11) is -3.15. The lowest BCUT2D eigenvalue weighted by Gasteiger charge is -2.35. The first-order valence-electron chi connectivity index (χ1n) is 13.5. The van der Waals surface area contributed by atoms with Crippen LogP contribution in [0.1, 0.15) is 6.92 Å². The minimum atomic E-state index is -4.46. The molecule has 2 fully saturated rings. The fourth-order valence-corrected chi connectivity index (χ4v) is 6.25. The molecule has 12 nitrogen and oxygen atoms in total. The van der Waals surface area contributed by atoms with Gasteiger partial charge < -0.3 is 19.3 Å². The molecule has 2 aliphatic rings. The number of benzene rings is 2. The number of epoxide rings is 1. The Morgan fingerprint density at radius 1 is 0.977 bits per heavy atom. The number of methoxy groups -OCH3 is 1. The second-order valence-electron chi connectivity index (χ2n) is 10.3. The van der Waals surface area contributed by atoms with Gasteiger partial charge in [-0.15, -0.1) is 0 Å². The lowest BCUT2D eigenvalue weighted by molar-refractivity contribution is -0.133. The van der Waals surface area contributed by atoms with Gasteiger partial charge in [0.05, 0.1) is 12.6 Å².